The first-order valence-corrected chi connectivity index (χ1v) is 11.3. The van der Waals surface area contributed by atoms with Crippen molar-refractivity contribution in [3.63, 3.8) is 0 Å². The molecule has 5 nitrogen and oxygen atoms in total. The van der Waals surface area contributed by atoms with E-state index in [9.17, 15) is 4.79 Å². The number of nitrogens with zero attached hydrogens (tertiary/aromatic N) is 2. The van der Waals surface area contributed by atoms with E-state index in [1.807, 2.05) is 30.3 Å². The summed E-state index contributed by atoms with van der Waals surface area (Å²) in [6.45, 7) is 3.37. The van der Waals surface area contributed by atoms with Crippen LogP contribution >= 0.6 is 23.1 Å². The summed E-state index contributed by atoms with van der Waals surface area (Å²) in [7, 11) is 0. The molecule has 0 saturated carbocycles. The highest BCUT2D eigenvalue weighted by Gasteiger charge is 2.11. The Hall–Kier alpha value is -2.09. The third kappa shape index (κ3) is 5.04. The van der Waals surface area contributed by atoms with E-state index in [2.05, 4.69) is 33.4 Å². The molecule has 3 aromatic rings. The molecule has 1 N–H and O–H groups in total. The van der Waals surface area contributed by atoms with Crippen LogP contribution in [0, 0.1) is 0 Å². The van der Waals surface area contributed by atoms with Crippen LogP contribution < -0.4 is 10.2 Å². The van der Waals surface area contributed by atoms with E-state index < -0.39 is 0 Å². The molecule has 7 heteroatoms. The van der Waals surface area contributed by atoms with Gasteiger partial charge < -0.3 is 15.0 Å². The van der Waals surface area contributed by atoms with Crippen LogP contribution in [0.4, 0.5) is 11.4 Å². The number of thiazole rings is 1. The van der Waals surface area contributed by atoms with Crippen molar-refractivity contribution in [2.75, 3.05) is 42.3 Å². The van der Waals surface area contributed by atoms with Gasteiger partial charge >= 0.3 is 0 Å². The van der Waals surface area contributed by atoms with Gasteiger partial charge in [0, 0.05) is 36.6 Å². The molecule has 1 saturated heterocycles. The predicted octanol–water partition coefficient (Wildman–Crippen LogP) is 4.64. The fourth-order valence-corrected chi connectivity index (χ4v) is 5.18. The van der Waals surface area contributed by atoms with E-state index in [4.69, 9.17) is 4.74 Å². The number of para-hydroxylation sites is 1. The van der Waals surface area contributed by atoms with E-state index in [0.717, 1.165) is 54.0 Å². The second-order valence-corrected chi connectivity index (χ2v) is 8.97. The number of ether oxygens (including phenoxy) is 1. The number of fused-ring (bicyclic) bond motifs is 1. The topological polar surface area (TPSA) is 54.5 Å². The highest BCUT2D eigenvalue weighted by Crippen LogP contribution is 2.29. The Labute approximate surface area is 173 Å². The normalized spacial score (nSPS) is 14.4. The summed E-state index contributed by atoms with van der Waals surface area (Å²) in [6.07, 6.45) is 1.35. The zero-order valence-corrected chi connectivity index (χ0v) is 17.2. The average Bonchev–Trinajstić information content (AvgIpc) is 3.15. The van der Waals surface area contributed by atoms with Gasteiger partial charge in [-0.05, 0) is 42.8 Å². The van der Waals surface area contributed by atoms with Crippen LogP contribution in [-0.2, 0) is 9.53 Å². The number of benzene rings is 2. The maximum absolute atomic E-state index is 12.2. The molecule has 28 heavy (non-hydrogen) atoms. The molecule has 0 unspecified atom stereocenters. The van der Waals surface area contributed by atoms with E-state index in [1.54, 1.807) is 23.1 Å². The van der Waals surface area contributed by atoms with Crippen molar-refractivity contribution in [1.82, 2.24) is 4.98 Å². The highest BCUT2D eigenvalue weighted by atomic mass is 32.2. The number of morpholine rings is 1. The number of carbonyl (C=O) groups excluding carboxylic acids is 1. The van der Waals surface area contributed by atoms with Gasteiger partial charge in [0.05, 0.1) is 23.4 Å². The van der Waals surface area contributed by atoms with Gasteiger partial charge in [0.25, 0.3) is 0 Å². The summed E-state index contributed by atoms with van der Waals surface area (Å²) in [4.78, 5) is 19.1. The number of anilines is 2. The fourth-order valence-electron chi connectivity index (χ4n) is 3.11. The Morgan fingerprint density at radius 2 is 1.93 bits per heavy atom. The molecule has 2 aromatic carbocycles. The summed E-state index contributed by atoms with van der Waals surface area (Å²) in [5.74, 6) is 0.951. The summed E-state index contributed by atoms with van der Waals surface area (Å²) in [6, 6.07) is 16.2. The van der Waals surface area contributed by atoms with Crippen molar-refractivity contribution in [3.05, 3.63) is 48.5 Å². The van der Waals surface area contributed by atoms with Crippen LogP contribution in [0.5, 0.6) is 0 Å². The van der Waals surface area contributed by atoms with Gasteiger partial charge in [-0.25, -0.2) is 4.98 Å². The quantitative estimate of drug-likeness (QED) is 0.452. The second kappa shape index (κ2) is 9.41. The second-order valence-electron chi connectivity index (χ2n) is 6.59. The molecule has 0 bridgehead atoms. The monoisotopic (exact) mass is 413 g/mol. The molecule has 0 spiro atoms. The van der Waals surface area contributed by atoms with Gasteiger partial charge in [0.1, 0.15) is 0 Å². The van der Waals surface area contributed by atoms with E-state index in [-0.39, 0.29) is 5.91 Å². The number of hydrogen-bond donors (Lipinski definition) is 1. The maximum Gasteiger partial charge on any atom is 0.224 e. The minimum Gasteiger partial charge on any atom is -0.378 e. The van der Waals surface area contributed by atoms with Crippen molar-refractivity contribution < 1.29 is 9.53 Å². The molecule has 1 aliphatic rings. The van der Waals surface area contributed by atoms with Gasteiger partial charge in [-0.1, -0.05) is 23.9 Å². The minimum absolute atomic E-state index is 0.0593. The molecule has 1 fully saturated rings. The smallest absolute Gasteiger partial charge is 0.224 e. The molecular weight excluding hydrogens is 390 g/mol. The van der Waals surface area contributed by atoms with E-state index in [0.29, 0.717) is 6.42 Å². The molecule has 0 atom stereocenters. The van der Waals surface area contributed by atoms with Gasteiger partial charge in [0.15, 0.2) is 4.34 Å². The zero-order chi connectivity index (χ0) is 19.2. The fraction of sp³-hybridized carbons (Fsp3) is 0.333. The van der Waals surface area contributed by atoms with Gasteiger partial charge in [-0.2, -0.15) is 0 Å². The van der Waals surface area contributed by atoms with Crippen LogP contribution in [0.2, 0.25) is 0 Å². The Morgan fingerprint density at radius 1 is 1.14 bits per heavy atom. The van der Waals surface area contributed by atoms with Crippen molar-refractivity contribution in [2.24, 2.45) is 0 Å². The average molecular weight is 414 g/mol. The SMILES string of the molecule is O=C(CCCSc1nc2ccccc2s1)Nc1ccc(N2CCOCC2)cc1. The zero-order valence-electron chi connectivity index (χ0n) is 15.6. The number of thioether (sulfide) groups is 1. The molecule has 4 rings (SSSR count). The van der Waals surface area contributed by atoms with Gasteiger partial charge in [-0.15, -0.1) is 11.3 Å². The predicted molar refractivity (Wildman–Crippen MR) is 118 cm³/mol. The number of carbonyl (C=O) groups is 1. The minimum atomic E-state index is 0.0593. The summed E-state index contributed by atoms with van der Waals surface area (Å²) < 4.78 is 7.67. The Kier molecular flexibility index (Phi) is 6.46. The van der Waals surface area contributed by atoms with Gasteiger partial charge in [-0.3, -0.25) is 4.79 Å². The maximum atomic E-state index is 12.2. The first kappa shape index (κ1) is 19.2. The number of aromatic nitrogens is 1. The van der Waals surface area contributed by atoms with Crippen LogP contribution in [0.15, 0.2) is 52.9 Å². The molecule has 1 aromatic heterocycles. The van der Waals surface area contributed by atoms with Crippen molar-refractivity contribution in [3.8, 4) is 0 Å². The lowest BCUT2D eigenvalue weighted by atomic mass is 10.2. The molecule has 0 radical (unpaired) electrons. The lowest BCUT2D eigenvalue weighted by Gasteiger charge is -2.28. The van der Waals surface area contributed by atoms with Crippen LogP contribution in [0.3, 0.4) is 0 Å². The Morgan fingerprint density at radius 3 is 2.71 bits per heavy atom. The number of rotatable bonds is 7. The van der Waals surface area contributed by atoms with Crippen LogP contribution in [0.25, 0.3) is 10.2 Å². The summed E-state index contributed by atoms with van der Waals surface area (Å²) >= 11 is 3.44. The van der Waals surface area contributed by atoms with Crippen molar-refractivity contribution in [1.29, 1.82) is 0 Å². The van der Waals surface area contributed by atoms with Crippen LogP contribution in [0.1, 0.15) is 12.8 Å². The number of hydrogen-bond acceptors (Lipinski definition) is 6. The molecule has 1 amide bonds. The van der Waals surface area contributed by atoms with Crippen molar-refractivity contribution in [2.45, 2.75) is 17.2 Å². The molecular formula is C21H23N3O2S2. The summed E-state index contributed by atoms with van der Waals surface area (Å²) in [5, 5.41) is 2.99. The molecule has 146 valence electrons. The Bertz CT molecular complexity index is 888. The van der Waals surface area contributed by atoms with Crippen LogP contribution in [-0.4, -0.2) is 42.9 Å². The first-order valence-electron chi connectivity index (χ1n) is 9.49. The molecule has 2 heterocycles. The highest BCUT2D eigenvalue weighted by molar-refractivity contribution is 8.01. The molecule has 0 aliphatic carbocycles. The van der Waals surface area contributed by atoms with Gasteiger partial charge in [0.2, 0.25) is 5.91 Å². The Balaban J connectivity index is 1.20. The lowest BCUT2D eigenvalue weighted by molar-refractivity contribution is -0.116. The number of nitrogens with one attached hydrogen (secondary N) is 1. The number of amides is 1. The van der Waals surface area contributed by atoms with Crippen molar-refractivity contribution >= 4 is 50.6 Å². The van der Waals surface area contributed by atoms with E-state index in [1.165, 1.54) is 10.4 Å². The standard InChI is InChI=1S/C21H23N3O2S2/c25-20(6-3-15-27-21-23-18-4-1-2-5-19(18)28-21)22-16-7-9-17(10-8-16)24-11-13-26-14-12-24/h1-2,4-5,7-10H,3,6,11-15H2,(H,22,25). The third-order valence-electron chi connectivity index (χ3n) is 4.58. The molecule has 1 aliphatic heterocycles. The third-order valence-corrected chi connectivity index (χ3v) is 6.84. The largest absolute Gasteiger partial charge is 0.378 e. The first-order chi connectivity index (χ1) is 13.8. The summed E-state index contributed by atoms with van der Waals surface area (Å²) in [5.41, 5.74) is 3.07. The van der Waals surface area contributed by atoms with E-state index >= 15 is 0 Å². The lowest BCUT2D eigenvalue weighted by Crippen LogP contribution is -2.36.